The molecule has 0 bridgehead atoms. The normalized spacial score (nSPS) is 17.7. The van der Waals surface area contributed by atoms with Gasteiger partial charge in [-0.25, -0.2) is 0 Å². The lowest BCUT2D eigenvalue weighted by molar-refractivity contribution is -0.141. The van der Waals surface area contributed by atoms with Crippen LogP contribution in [0.1, 0.15) is 37.3 Å². The first kappa shape index (κ1) is 18.5. The van der Waals surface area contributed by atoms with Gasteiger partial charge >= 0.3 is 0 Å². The Morgan fingerprint density at radius 2 is 1.54 bits per heavy atom. The van der Waals surface area contributed by atoms with Crippen LogP contribution >= 0.6 is 0 Å². The standard InChI is InChI=1S/C20H28N2O4/c1-14-4-7-21(8-5-14)19(23)12-20(24)22-9-6-15-10-17(25-2)18(26-3)11-16(15)13-22/h10-11,14H,4-9,12-13H2,1-3H3. The van der Waals surface area contributed by atoms with Crippen LogP contribution in [0.25, 0.3) is 0 Å². The molecular formula is C20H28N2O4. The van der Waals surface area contributed by atoms with Gasteiger partial charge in [0, 0.05) is 26.2 Å². The van der Waals surface area contributed by atoms with E-state index in [0.29, 0.717) is 30.5 Å². The largest absolute Gasteiger partial charge is 0.493 e. The molecule has 2 heterocycles. The number of fused-ring (bicyclic) bond motifs is 1. The number of benzene rings is 1. The van der Waals surface area contributed by atoms with Crippen molar-refractivity contribution in [2.24, 2.45) is 5.92 Å². The van der Waals surface area contributed by atoms with Crippen molar-refractivity contribution in [1.82, 2.24) is 9.80 Å². The van der Waals surface area contributed by atoms with Gasteiger partial charge in [0.1, 0.15) is 6.42 Å². The van der Waals surface area contributed by atoms with Crippen LogP contribution < -0.4 is 9.47 Å². The van der Waals surface area contributed by atoms with Crippen LogP contribution in [0, 0.1) is 5.92 Å². The first-order valence-electron chi connectivity index (χ1n) is 9.31. The molecule has 1 aromatic carbocycles. The molecule has 0 radical (unpaired) electrons. The lowest BCUT2D eigenvalue weighted by Gasteiger charge is -2.32. The molecule has 1 aromatic rings. The van der Waals surface area contributed by atoms with E-state index >= 15 is 0 Å². The van der Waals surface area contributed by atoms with Crippen molar-refractivity contribution in [3.63, 3.8) is 0 Å². The zero-order chi connectivity index (χ0) is 18.7. The van der Waals surface area contributed by atoms with E-state index in [4.69, 9.17) is 9.47 Å². The zero-order valence-electron chi connectivity index (χ0n) is 15.9. The summed E-state index contributed by atoms with van der Waals surface area (Å²) in [6.45, 7) is 4.89. The Labute approximate surface area is 155 Å². The van der Waals surface area contributed by atoms with Crippen molar-refractivity contribution in [2.75, 3.05) is 33.9 Å². The highest BCUT2D eigenvalue weighted by Crippen LogP contribution is 2.33. The van der Waals surface area contributed by atoms with Crippen molar-refractivity contribution in [1.29, 1.82) is 0 Å². The Morgan fingerprint density at radius 1 is 0.962 bits per heavy atom. The number of carbonyl (C=O) groups is 2. The van der Waals surface area contributed by atoms with E-state index in [9.17, 15) is 9.59 Å². The number of hydrogen-bond donors (Lipinski definition) is 0. The van der Waals surface area contributed by atoms with Crippen LogP contribution in [-0.4, -0.2) is 55.5 Å². The van der Waals surface area contributed by atoms with E-state index in [1.165, 1.54) is 5.56 Å². The average molecular weight is 360 g/mol. The van der Waals surface area contributed by atoms with E-state index in [1.807, 2.05) is 17.0 Å². The van der Waals surface area contributed by atoms with Gasteiger partial charge < -0.3 is 19.3 Å². The maximum absolute atomic E-state index is 12.6. The van der Waals surface area contributed by atoms with E-state index in [2.05, 4.69) is 6.92 Å². The first-order valence-corrected chi connectivity index (χ1v) is 9.31. The predicted octanol–water partition coefficient (Wildman–Crippen LogP) is 2.24. The maximum Gasteiger partial charge on any atom is 0.232 e. The molecule has 0 aromatic heterocycles. The van der Waals surface area contributed by atoms with Crippen LogP contribution in [0.15, 0.2) is 12.1 Å². The molecule has 6 nitrogen and oxygen atoms in total. The van der Waals surface area contributed by atoms with Gasteiger partial charge in [0.2, 0.25) is 11.8 Å². The topological polar surface area (TPSA) is 59.1 Å². The third-order valence-electron chi connectivity index (χ3n) is 5.51. The van der Waals surface area contributed by atoms with Gasteiger partial charge in [-0.3, -0.25) is 9.59 Å². The Hall–Kier alpha value is -2.24. The Morgan fingerprint density at radius 3 is 2.15 bits per heavy atom. The molecule has 0 spiro atoms. The highest BCUT2D eigenvalue weighted by atomic mass is 16.5. The van der Waals surface area contributed by atoms with Crippen molar-refractivity contribution in [2.45, 2.75) is 39.2 Å². The molecule has 2 amide bonds. The van der Waals surface area contributed by atoms with Crippen LogP contribution in [0.2, 0.25) is 0 Å². The minimum atomic E-state index is -0.0888. The van der Waals surface area contributed by atoms with Gasteiger partial charge in [0.05, 0.1) is 14.2 Å². The maximum atomic E-state index is 12.6. The van der Waals surface area contributed by atoms with Crippen LogP contribution in [0.4, 0.5) is 0 Å². The number of likely N-dealkylation sites (tertiary alicyclic amines) is 1. The van der Waals surface area contributed by atoms with Crippen LogP contribution in [-0.2, 0) is 22.6 Å². The summed E-state index contributed by atoms with van der Waals surface area (Å²) in [4.78, 5) is 28.7. The van der Waals surface area contributed by atoms with Gasteiger partial charge in [-0.15, -0.1) is 0 Å². The molecular weight excluding hydrogens is 332 g/mol. The van der Waals surface area contributed by atoms with Crippen LogP contribution in [0.5, 0.6) is 11.5 Å². The minimum Gasteiger partial charge on any atom is -0.493 e. The average Bonchev–Trinajstić information content (AvgIpc) is 2.66. The summed E-state index contributed by atoms with van der Waals surface area (Å²) in [5.41, 5.74) is 2.23. The third-order valence-corrected chi connectivity index (χ3v) is 5.51. The summed E-state index contributed by atoms with van der Waals surface area (Å²) in [6.07, 6.45) is 2.78. The summed E-state index contributed by atoms with van der Waals surface area (Å²) in [7, 11) is 3.23. The third kappa shape index (κ3) is 3.94. The molecule has 3 rings (SSSR count). The number of piperidine rings is 1. The molecule has 2 aliphatic rings. The molecule has 26 heavy (non-hydrogen) atoms. The molecule has 0 aliphatic carbocycles. The first-order chi connectivity index (χ1) is 12.5. The van der Waals surface area contributed by atoms with Gasteiger partial charge in [-0.1, -0.05) is 6.92 Å². The van der Waals surface area contributed by atoms with Crippen molar-refractivity contribution < 1.29 is 19.1 Å². The molecule has 1 saturated heterocycles. The SMILES string of the molecule is COc1cc2c(cc1OC)CN(C(=O)CC(=O)N1CCC(C)CC1)CC2. The van der Waals surface area contributed by atoms with Crippen molar-refractivity contribution >= 4 is 11.8 Å². The summed E-state index contributed by atoms with van der Waals surface area (Å²) in [5.74, 6) is 1.91. The lowest BCUT2D eigenvalue weighted by atomic mass is 9.98. The quantitative estimate of drug-likeness (QED) is 0.773. The highest BCUT2D eigenvalue weighted by molar-refractivity contribution is 5.97. The second kappa shape index (κ2) is 7.98. The fourth-order valence-electron chi connectivity index (χ4n) is 3.71. The van der Waals surface area contributed by atoms with E-state index < -0.39 is 0 Å². The monoisotopic (exact) mass is 360 g/mol. The van der Waals surface area contributed by atoms with E-state index in [1.54, 1.807) is 19.1 Å². The molecule has 0 saturated carbocycles. The van der Waals surface area contributed by atoms with E-state index in [-0.39, 0.29) is 18.2 Å². The van der Waals surface area contributed by atoms with Gasteiger partial charge in [-0.2, -0.15) is 0 Å². The number of hydrogen-bond acceptors (Lipinski definition) is 4. The van der Waals surface area contributed by atoms with Gasteiger partial charge in [-0.05, 0) is 48.4 Å². The highest BCUT2D eigenvalue weighted by Gasteiger charge is 2.27. The van der Waals surface area contributed by atoms with Gasteiger partial charge in [0.15, 0.2) is 11.5 Å². The summed E-state index contributed by atoms with van der Waals surface area (Å²) >= 11 is 0. The number of rotatable bonds is 4. The fourth-order valence-corrected chi connectivity index (χ4v) is 3.71. The van der Waals surface area contributed by atoms with Crippen molar-refractivity contribution in [3.05, 3.63) is 23.3 Å². The smallest absolute Gasteiger partial charge is 0.232 e. The van der Waals surface area contributed by atoms with Gasteiger partial charge in [0.25, 0.3) is 0 Å². The fraction of sp³-hybridized carbons (Fsp3) is 0.600. The summed E-state index contributed by atoms with van der Waals surface area (Å²) in [6, 6.07) is 3.91. The summed E-state index contributed by atoms with van der Waals surface area (Å²) in [5, 5.41) is 0. The van der Waals surface area contributed by atoms with Crippen molar-refractivity contribution in [3.8, 4) is 11.5 Å². The summed E-state index contributed by atoms with van der Waals surface area (Å²) < 4.78 is 10.7. The van der Waals surface area contributed by atoms with Crippen LogP contribution in [0.3, 0.4) is 0 Å². The van der Waals surface area contributed by atoms with E-state index in [0.717, 1.165) is 37.9 Å². The second-order valence-corrected chi connectivity index (χ2v) is 7.28. The second-order valence-electron chi connectivity index (χ2n) is 7.28. The molecule has 0 N–H and O–H groups in total. The number of nitrogens with zero attached hydrogens (tertiary/aromatic N) is 2. The lowest BCUT2D eigenvalue weighted by Crippen LogP contribution is -2.42. The number of amides is 2. The molecule has 0 unspecified atom stereocenters. The molecule has 2 aliphatic heterocycles. The zero-order valence-corrected chi connectivity index (χ0v) is 15.9. The molecule has 6 heteroatoms. The Balaban J connectivity index is 1.62. The minimum absolute atomic E-state index is 0.0308. The Bertz CT molecular complexity index is 681. The molecule has 0 atom stereocenters. The molecule has 1 fully saturated rings. The molecule has 142 valence electrons. The number of methoxy groups -OCH3 is 2. The Kier molecular flexibility index (Phi) is 5.69. The predicted molar refractivity (Wildman–Crippen MR) is 98.3 cm³/mol. The number of carbonyl (C=O) groups excluding carboxylic acids is 2. The number of ether oxygens (including phenoxy) is 2.